The van der Waals surface area contributed by atoms with E-state index in [4.69, 9.17) is 9.47 Å². The lowest BCUT2D eigenvalue weighted by molar-refractivity contribution is -0.116. The van der Waals surface area contributed by atoms with Crippen LogP contribution in [0, 0.1) is 0 Å². The minimum Gasteiger partial charge on any atom is -0.491 e. The summed E-state index contributed by atoms with van der Waals surface area (Å²) in [7, 11) is 1.67. The van der Waals surface area contributed by atoms with Gasteiger partial charge in [-0.05, 0) is 23.8 Å². The van der Waals surface area contributed by atoms with E-state index in [1.54, 1.807) is 12.0 Å². The predicted octanol–water partition coefficient (Wildman–Crippen LogP) is 3.32. The molecule has 1 amide bonds. The normalized spacial score (nSPS) is 13.3. The Kier molecular flexibility index (Phi) is 4.39. The zero-order valence-electron chi connectivity index (χ0n) is 12.6. The van der Waals surface area contributed by atoms with Crippen LogP contribution in [0.15, 0.2) is 48.5 Å². The third kappa shape index (κ3) is 2.83. The lowest BCUT2D eigenvalue weighted by Gasteiger charge is -2.21. The molecule has 4 nitrogen and oxygen atoms in total. The highest BCUT2D eigenvalue weighted by molar-refractivity contribution is 6.08. The van der Waals surface area contributed by atoms with E-state index in [1.165, 1.54) is 0 Å². The fraction of sp³-hybridized carbons (Fsp3) is 0.278. The molecule has 0 fully saturated rings. The van der Waals surface area contributed by atoms with E-state index in [0.29, 0.717) is 19.6 Å². The van der Waals surface area contributed by atoms with Crippen LogP contribution in [0.25, 0.3) is 0 Å². The highest BCUT2D eigenvalue weighted by Crippen LogP contribution is 2.39. The van der Waals surface area contributed by atoms with Crippen LogP contribution >= 0.6 is 0 Å². The molecule has 0 aromatic heterocycles. The molecule has 0 radical (unpaired) electrons. The summed E-state index contributed by atoms with van der Waals surface area (Å²) in [5.41, 5.74) is 2.80. The molecule has 0 N–H and O–H groups in total. The molecule has 1 heterocycles. The Morgan fingerprint density at radius 1 is 1.00 bits per heavy atom. The van der Waals surface area contributed by atoms with Gasteiger partial charge in [0.25, 0.3) is 0 Å². The third-order valence-corrected chi connectivity index (χ3v) is 3.68. The number of para-hydroxylation sites is 3. The Labute approximate surface area is 130 Å². The van der Waals surface area contributed by atoms with Gasteiger partial charge in [-0.2, -0.15) is 0 Å². The maximum absolute atomic E-state index is 12.4. The van der Waals surface area contributed by atoms with E-state index in [0.717, 1.165) is 29.1 Å². The van der Waals surface area contributed by atoms with Crippen molar-refractivity contribution in [3.05, 3.63) is 54.1 Å². The van der Waals surface area contributed by atoms with Crippen molar-refractivity contribution in [1.29, 1.82) is 0 Å². The van der Waals surface area contributed by atoms with E-state index in [9.17, 15) is 4.79 Å². The van der Waals surface area contributed by atoms with Gasteiger partial charge in [-0.1, -0.05) is 30.3 Å². The number of anilines is 2. The maximum Gasteiger partial charge on any atom is 0.236 e. The van der Waals surface area contributed by atoms with E-state index in [1.807, 2.05) is 48.5 Å². The summed E-state index contributed by atoms with van der Waals surface area (Å²) >= 11 is 0. The number of benzene rings is 2. The molecule has 0 spiro atoms. The first-order valence-corrected chi connectivity index (χ1v) is 7.43. The summed E-state index contributed by atoms with van der Waals surface area (Å²) in [6.07, 6.45) is 1.25. The molecule has 22 heavy (non-hydrogen) atoms. The zero-order chi connectivity index (χ0) is 15.4. The molecule has 0 bridgehead atoms. The van der Waals surface area contributed by atoms with Crippen molar-refractivity contribution in [2.24, 2.45) is 0 Å². The van der Waals surface area contributed by atoms with Crippen LogP contribution in [-0.4, -0.2) is 26.2 Å². The lowest BCUT2D eigenvalue weighted by Crippen LogP contribution is -2.21. The zero-order valence-corrected chi connectivity index (χ0v) is 12.6. The molecule has 2 aromatic rings. The van der Waals surface area contributed by atoms with Gasteiger partial charge in [0.15, 0.2) is 0 Å². The van der Waals surface area contributed by atoms with Crippen LogP contribution in [0.2, 0.25) is 0 Å². The van der Waals surface area contributed by atoms with Crippen molar-refractivity contribution in [2.45, 2.75) is 12.8 Å². The molecule has 0 atom stereocenters. The Bertz CT molecular complexity index is 669. The first-order valence-electron chi connectivity index (χ1n) is 7.43. The number of ether oxygens (including phenoxy) is 2. The topological polar surface area (TPSA) is 38.8 Å². The van der Waals surface area contributed by atoms with Crippen LogP contribution < -0.4 is 9.64 Å². The van der Waals surface area contributed by atoms with Crippen molar-refractivity contribution < 1.29 is 14.3 Å². The van der Waals surface area contributed by atoms with E-state index in [-0.39, 0.29) is 5.91 Å². The fourth-order valence-electron chi connectivity index (χ4n) is 2.67. The van der Waals surface area contributed by atoms with Crippen LogP contribution in [0.5, 0.6) is 5.75 Å². The fourth-order valence-corrected chi connectivity index (χ4v) is 2.67. The Morgan fingerprint density at radius 3 is 2.55 bits per heavy atom. The quantitative estimate of drug-likeness (QED) is 0.768. The number of fused-ring (bicyclic) bond motifs is 1. The lowest BCUT2D eigenvalue weighted by atomic mass is 10.2. The van der Waals surface area contributed by atoms with Crippen LogP contribution in [0.4, 0.5) is 11.4 Å². The molecule has 114 valence electrons. The summed E-state index contributed by atoms with van der Waals surface area (Å²) in [6.45, 7) is 1.22. The van der Waals surface area contributed by atoms with Crippen molar-refractivity contribution in [3.8, 4) is 5.75 Å². The molecule has 2 aromatic carbocycles. The number of carbonyl (C=O) groups excluding carboxylic acids is 1. The van der Waals surface area contributed by atoms with E-state index < -0.39 is 0 Å². The third-order valence-electron chi connectivity index (χ3n) is 3.68. The minimum absolute atomic E-state index is 0.0779. The Balaban J connectivity index is 1.87. The number of nitrogens with zero attached hydrogens (tertiary/aromatic N) is 1. The van der Waals surface area contributed by atoms with Crippen molar-refractivity contribution in [2.75, 3.05) is 25.2 Å². The van der Waals surface area contributed by atoms with Gasteiger partial charge in [0, 0.05) is 20.1 Å². The minimum atomic E-state index is 0.0779. The number of amides is 1. The molecular formula is C18H19NO3. The average molecular weight is 297 g/mol. The van der Waals surface area contributed by atoms with Crippen LogP contribution in [-0.2, 0) is 16.0 Å². The summed E-state index contributed by atoms with van der Waals surface area (Å²) in [6, 6.07) is 15.5. The Hall–Kier alpha value is -2.33. The second-order valence-corrected chi connectivity index (χ2v) is 5.20. The molecule has 0 aliphatic carbocycles. The number of hydrogen-bond acceptors (Lipinski definition) is 3. The van der Waals surface area contributed by atoms with Gasteiger partial charge in [-0.25, -0.2) is 0 Å². The molecule has 3 rings (SSSR count). The largest absolute Gasteiger partial charge is 0.491 e. The van der Waals surface area contributed by atoms with Crippen LogP contribution in [0.1, 0.15) is 12.0 Å². The van der Waals surface area contributed by atoms with Gasteiger partial charge in [0.05, 0.1) is 24.4 Å². The summed E-state index contributed by atoms with van der Waals surface area (Å²) in [5.74, 6) is 0.804. The van der Waals surface area contributed by atoms with Crippen LogP contribution in [0.3, 0.4) is 0 Å². The van der Waals surface area contributed by atoms with E-state index >= 15 is 0 Å². The van der Waals surface area contributed by atoms with Gasteiger partial charge < -0.3 is 9.47 Å². The number of hydrogen-bond donors (Lipinski definition) is 0. The summed E-state index contributed by atoms with van der Waals surface area (Å²) in [4.78, 5) is 14.2. The predicted molar refractivity (Wildman–Crippen MR) is 85.7 cm³/mol. The molecule has 0 saturated heterocycles. The second kappa shape index (κ2) is 6.62. The molecule has 0 saturated carbocycles. The number of rotatable bonds is 6. The number of methoxy groups -OCH3 is 1. The Morgan fingerprint density at radius 2 is 1.73 bits per heavy atom. The second-order valence-electron chi connectivity index (χ2n) is 5.20. The summed E-state index contributed by atoms with van der Waals surface area (Å²) < 4.78 is 10.9. The highest BCUT2D eigenvalue weighted by Gasteiger charge is 2.29. The van der Waals surface area contributed by atoms with Crippen molar-refractivity contribution in [1.82, 2.24) is 0 Å². The summed E-state index contributed by atoms with van der Waals surface area (Å²) in [5, 5.41) is 0. The molecule has 1 aliphatic heterocycles. The first-order chi connectivity index (χ1) is 10.8. The monoisotopic (exact) mass is 297 g/mol. The van der Waals surface area contributed by atoms with Gasteiger partial charge in [0.2, 0.25) is 5.91 Å². The first kappa shape index (κ1) is 14.6. The SMILES string of the molecule is COCCCOc1ccccc1N1C(=O)Cc2ccccc21. The van der Waals surface area contributed by atoms with Gasteiger partial charge in [0.1, 0.15) is 5.75 Å². The van der Waals surface area contributed by atoms with E-state index in [2.05, 4.69) is 0 Å². The standard InChI is InChI=1S/C18H19NO3/c1-21-11-6-12-22-17-10-5-4-9-16(17)19-15-8-3-2-7-14(15)13-18(19)20/h2-5,7-10H,6,11-13H2,1H3. The average Bonchev–Trinajstić information content (AvgIpc) is 2.88. The molecule has 4 heteroatoms. The maximum atomic E-state index is 12.4. The molecule has 1 aliphatic rings. The molecule has 0 unspecified atom stereocenters. The van der Waals surface area contributed by atoms with Gasteiger partial charge >= 0.3 is 0 Å². The van der Waals surface area contributed by atoms with Gasteiger partial charge in [-0.15, -0.1) is 0 Å². The molecular weight excluding hydrogens is 278 g/mol. The highest BCUT2D eigenvalue weighted by atomic mass is 16.5. The van der Waals surface area contributed by atoms with Crippen molar-refractivity contribution >= 4 is 17.3 Å². The smallest absolute Gasteiger partial charge is 0.236 e. The number of carbonyl (C=O) groups is 1. The van der Waals surface area contributed by atoms with Crippen molar-refractivity contribution in [3.63, 3.8) is 0 Å². The van der Waals surface area contributed by atoms with Gasteiger partial charge in [-0.3, -0.25) is 9.69 Å².